The number of halogens is 2. The van der Waals surface area contributed by atoms with Crippen LogP contribution in [0.3, 0.4) is 0 Å². The highest BCUT2D eigenvalue weighted by Crippen LogP contribution is 2.28. The van der Waals surface area contributed by atoms with Crippen LogP contribution in [0, 0.1) is 0 Å². The lowest BCUT2D eigenvalue weighted by Crippen LogP contribution is -2.15. The highest BCUT2D eigenvalue weighted by Gasteiger charge is 2.18. The van der Waals surface area contributed by atoms with Crippen molar-refractivity contribution in [2.75, 3.05) is 0 Å². The van der Waals surface area contributed by atoms with Gasteiger partial charge in [0, 0.05) is 0 Å². The number of nitrogens with zero attached hydrogens (tertiary/aromatic N) is 3. The minimum atomic E-state index is 0.511. The molecule has 72 valence electrons. The Bertz CT molecular complexity index is 272. The third-order valence-corrected chi connectivity index (χ3v) is 4.05. The van der Waals surface area contributed by atoms with Gasteiger partial charge in [0.05, 0.1) is 6.04 Å². The number of hydrogen-bond donors (Lipinski definition) is 0. The predicted molar refractivity (Wildman–Crippen MR) is 57.5 cm³/mol. The van der Waals surface area contributed by atoms with Crippen LogP contribution in [0.15, 0.2) is 9.21 Å². The van der Waals surface area contributed by atoms with E-state index in [1.807, 2.05) is 4.80 Å². The average Bonchev–Trinajstić information content (AvgIpc) is 2.49. The van der Waals surface area contributed by atoms with Gasteiger partial charge in [-0.15, -0.1) is 10.2 Å². The topological polar surface area (TPSA) is 30.7 Å². The smallest absolute Gasteiger partial charge is 0.162 e. The molecule has 0 saturated heterocycles. The van der Waals surface area contributed by atoms with Gasteiger partial charge in [-0.1, -0.05) is 19.3 Å². The van der Waals surface area contributed by atoms with Crippen LogP contribution in [0.1, 0.15) is 38.1 Å². The summed E-state index contributed by atoms with van der Waals surface area (Å²) in [4.78, 5) is 1.84. The second kappa shape index (κ2) is 4.09. The molecule has 0 aliphatic heterocycles. The van der Waals surface area contributed by atoms with E-state index in [0.29, 0.717) is 6.04 Å². The van der Waals surface area contributed by atoms with Gasteiger partial charge in [0.15, 0.2) is 9.21 Å². The van der Waals surface area contributed by atoms with Crippen LogP contribution in [0.5, 0.6) is 0 Å². The van der Waals surface area contributed by atoms with E-state index in [1.54, 1.807) is 0 Å². The van der Waals surface area contributed by atoms with Crippen LogP contribution < -0.4 is 0 Å². The molecule has 0 unspecified atom stereocenters. The number of hydrogen-bond acceptors (Lipinski definition) is 2. The van der Waals surface area contributed by atoms with Crippen molar-refractivity contribution >= 4 is 31.9 Å². The summed E-state index contributed by atoms with van der Waals surface area (Å²) in [5.74, 6) is 0. The van der Waals surface area contributed by atoms with E-state index in [1.165, 1.54) is 32.1 Å². The Labute approximate surface area is 94.1 Å². The summed E-state index contributed by atoms with van der Waals surface area (Å²) < 4.78 is 1.61. The maximum atomic E-state index is 4.31. The van der Waals surface area contributed by atoms with Crippen molar-refractivity contribution in [2.45, 2.75) is 38.1 Å². The molecule has 0 bridgehead atoms. The molecule has 0 aromatic carbocycles. The zero-order valence-electron chi connectivity index (χ0n) is 7.21. The third kappa shape index (κ3) is 2.13. The minimum Gasteiger partial charge on any atom is -0.180 e. The molecule has 5 heteroatoms. The summed E-state index contributed by atoms with van der Waals surface area (Å²) in [6, 6.07) is 0.511. The summed E-state index contributed by atoms with van der Waals surface area (Å²) in [5.41, 5.74) is 0. The Hall–Kier alpha value is 0.1000. The molecule has 2 rings (SSSR count). The van der Waals surface area contributed by atoms with Gasteiger partial charge >= 0.3 is 0 Å². The minimum absolute atomic E-state index is 0.511. The lowest BCUT2D eigenvalue weighted by molar-refractivity contribution is 0.300. The molecule has 1 aliphatic carbocycles. The van der Waals surface area contributed by atoms with Crippen molar-refractivity contribution in [1.82, 2.24) is 15.0 Å². The summed E-state index contributed by atoms with van der Waals surface area (Å²) in [6.45, 7) is 0. The first-order valence-electron chi connectivity index (χ1n) is 4.55. The first kappa shape index (κ1) is 9.65. The molecule has 1 saturated carbocycles. The molecule has 13 heavy (non-hydrogen) atoms. The van der Waals surface area contributed by atoms with Gasteiger partial charge in [0.25, 0.3) is 0 Å². The van der Waals surface area contributed by atoms with Gasteiger partial charge in [0.2, 0.25) is 0 Å². The Morgan fingerprint density at radius 3 is 2.08 bits per heavy atom. The second-order valence-electron chi connectivity index (χ2n) is 3.39. The molecule has 1 fully saturated rings. The van der Waals surface area contributed by atoms with Crippen LogP contribution in [-0.2, 0) is 0 Å². The largest absolute Gasteiger partial charge is 0.180 e. The van der Waals surface area contributed by atoms with E-state index in [-0.39, 0.29) is 0 Å². The fraction of sp³-hybridized carbons (Fsp3) is 0.750. The number of aromatic nitrogens is 3. The molecule has 1 aliphatic rings. The molecule has 1 aromatic heterocycles. The Balaban J connectivity index is 2.14. The van der Waals surface area contributed by atoms with Gasteiger partial charge in [-0.2, -0.15) is 4.80 Å². The summed E-state index contributed by atoms with van der Waals surface area (Å²) in [5, 5.41) is 8.62. The van der Waals surface area contributed by atoms with E-state index in [2.05, 4.69) is 42.1 Å². The molecular formula is C8H11Br2N3. The van der Waals surface area contributed by atoms with Crippen molar-refractivity contribution in [3.8, 4) is 0 Å². The van der Waals surface area contributed by atoms with E-state index in [4.69, 9.17) is 0 Å². The quantitative estimate of drug-likeness (QED) is 0.797. The van der Waals surface area contributed by atoms with Gasteiger partial charge in [0.1, 0.15) is 0 Å². The molecule has 3 nitrogen and oxygen atoms in total. The van der Waals surface area contributed by atoms with Crippen LogP contribution in [0.4, 0.5) is 0 Å². The molecular weight excluding hydrogens is 298 g/mol. The standard InChI is InChI=1S/C8H11Br2N3/c9-7-8(10)12-13(11-7)6-4-2-1-3-5-6/h6H,1-5H2. The summed E-state index contributed by atoms with van der Waals surface area (Å²) in [6.07, 6.45) is 6.41. The molecule has 0 atom stereocenters. The van der Waals surface area contributed by atoms with Crippen molar-refractivity contribution in [1.29, 1.82) is 0 Å². The molecule has 1 heterocycles. The Morgan fingerprint density at radius 1 is 1.00 bits per heavy atom. The van der Waals surface area contributed by atoms with Crippen LogP contribution >= 0.6 is 31.9 Å². The first-order valence-corrected chi connectivity index (χ1v) is 6.14. The van der Waals surface area contributed by atoms with E-state index >= 15 is 0 Å². The zero-order valence-corrected chi connectivity index (χ0v) is 10.4. The summed E-state index contributed by atoms with van der Waals surface area (Å²) >= 11 is 6.68. The maximum Gasteiger partial charge on any atom is 0.162 e. The van der Waals surface area contributed by atoms with Crippen molar-refractivity contribution in [3.05, 3.63) is 9.21 Å². The predicted octanol–water partition coefficient (Wildman–Crippen LogP) is 3.31. The fourth-order valence-electron chi connectivity index (χ4n) is 1.76. The summed E-state index contributed by atoms with van der Waals surface area (Å²) in [7, 11) is 0. The van der Waals surface area contributed by atoms with Crippen molar-refractivity contribution in [2.24, 2.45) is 0 Å². The normalized spacial score (nSPS) is 19.2. The molecule has 0 radical (unpaired) electrons. The number of rotatable bonds is 1. The SMILES string of the molecule is Brc1nn(C2CCCCC2)nc1Br. The second-order valence-corrected chi connectivity index (χ2v) is 4.90. The Kier molecular flexibility index (Phi) is 3.03. The van der Waals surface area contributed by atoms with Gasteiger partial charge in [-0.05, 0) is 44.7 Å². The average molecular weight is 309 g/mol. The molecule has 1 aromatic rings. The van der Waals surface area contributed by atoms with E-state index in [0.717, 1.165) is 9.21 Å². The van der Waals surface area contributed by atoms with Gasteiger partial charge in [-0.25, -0.2) is 0 Å². The lowest BCUT2D eigenvalue weighted by Gasteiger charge is -2.20. The van der Waals surface area contributed by atoms with Crippen molar-refractivity contribution < 1.29 is 0 Å². The van der Waals surface area contributed by atoms with Gasteiger partial charge < -0.3 is 0 Å². The zero-order chi connectivity index (χ0) is 9.26. The fourth-order valence-corrected chi connectivity index (χ4v) is 2.24. The van der Waals surface area contributed by atoms with Crippen molar-refractivity contribution in [3.63, 3.8) is 0 Å². The van der Waals surface area contributed by atoms with Crippen LogP contribution in [0.2, 0.25) is 0 Å². The molecule has 0 amide bonds. The van der Waals surface area contributed by atoms with Crippen LogP contribution in [0.25, 0.3) is 0 Å². The lowest BCUT2D eigenvalue weighted by atomic mass is 9.96. The van der Waals surface area contributed by atoms with E-state index in [9.17, 15) is 0 Å². The Morgan fingerprint density at radius 2 is 1.54 bits per heavy atom. The highest BCUT2D eigenvalue weighted by molar-refractivity contribution is 9.13. The molecule has 0 N–H and O–H groups in total. The van der Waals surface area contributed by atoms with E-state index < -0.39 is 0 Å². The first-order chi connectivity index (χ1) is 6.27. The third-order valence-electron chi connectivity index (χ3n) is 2.45. The monoisotopic (exact) mass is 307 g/mol. The van der Waals surface area contributed by atoms with Gasteiger partial charge in [-0.3, -0.25) is 0 Å². The van der Waals surface area contributed by atoms with Crippen LogP contribution in [-0.4, -0.2) is 15.0 Å². The highest BCUT2D eigenvalue weighted by atomic mass is 79.9. The molecule has 0 spiro atoms. The maximum absolute atomic E-state index is 4.31.